The molecular formula is C20H18FN7O2. The molecule has 0 unspecified atom stereocenters. The van der Waals surface area contributed by atoms with Crippen LogP contribution in [0, 0.1) is 17.7 Å². The van der Waals surface area contributed by atoms with Crippen molar-refractivity contribution < 1.29 is 13.9 Å². The van der Waals surface area contributed by atoms with Gasteiger partial charge in [-0.15, -0.1) is 5.10 Å². The maximum atomic E-state index is 13.1. The zero-order valence-electron chi connectivity index (χ0n) is 16.3. The van der Waals surface area contributed by atoms with E-state index in [1.165, 1.54) is 16.9 Å². The second-order valence-electron chi connectivity index (χ2n) is 6.59. The molecule has 3 aromatic rings. The van der Waals surface area contributed by atoms with Crippen LogP contribution in [0.5, 0.6) is 5.88 Å². The standard InChI is InChI=1S/C20H18FN7O2/c1-13(17-6-4-15(21)11-22-17)25-20(29)28-7-8-30-19-18(28)9-14(10-23-19)3-5-16-12-24-27(2)26-16/h4,6,9-13H,7-8H2,1-2H3,(H,25,29)/t13-/m0/s1. The molecule has 4 heterocycles. The first-order chi connectivity index (χ1) is 14.5. The molecular weight excluding hydrogens is 389 g/mol. The summed E-state index contributed by atoms with van der Waals surface area (Å²) in [7, 11) is 1.71. The molecule has 0 aromatic carbocycles. The molecule has 1 aliphatic heterocycles. The quantitative estimate of drug-likeness (QED) is 0.651. The van der Waals surface area contributed by atoms with Crippen LogP contribution in [0.25, 0.3) is 0 Å². The van der Waals surface area contributed by atoms with Crippen LogP contribution in [-0.2, 0) is 7.05 Å². The minimum atomic E-state index is -0.430. The molecule has 3 aromatic heterocycles. The summed E-state index contributed by atoms with van der Waals surface area (Å²) >= 11 is 0. The van der Waals surface area contributed by atoms with Crippen LogP contribution in [0.15, 0.2) is 36.8 Å². The summed E-state index contributed by atoms with van der Waals surface area (Å²) < 4.78 is 18.6. The van der Waals surface area contributed by atoms with Crippen molar-refractivity contribution in [3.8, 4) is 17.7 Å². The van der Waals surface area contributed by atoms with Crippen molar-refractivity contribution in [2.24, 2.45) is 7.05 Å². The molecule has 10 heteroatoms. The highest BCUT2D eigenvalue weighted by Gasteiger charge is 2.26. The second kappa shape index (κ2) is 8.16. The maximum Gasteiger partial charge on any atom is 0.322 e. The van der Waals surface area contributed by atoms with Gasteiger partial charge in [0, 0.05) is 18.8 Å². The molecule has 0 fully saturated rings. The highest BCUT2D eigenvalue weighted by atomic mass is 19.1. The number of carbonyl (C=O) groups is 1. The van der Waals surface area contributed by atoms with Crippen LogP contribution in [-0.4, -0.2) is 44.1 Å². The third kappa shape index (κ3) is 4.20. The van der Waals surface area contributed by atoms with E-state index in [1.54, 1.807) is 37.3 Å². The van der Waals surface area contributed by atoms with Gasteiger partial charge < -0.3 is 10.1 Å². The van der Waals surface area contributed by atoms with Gasteiger partial charge in [-0.2, -0.15) is 9.90 Å². The summed E-state index contributed by atoms with van der Waals surface area (Å²) in [5, 5.41) is 10.9. The number of ether oxygens (including phenoxy) is 1. The van der Waals surface area contributed by atoms with Crippen molar-refractivity contribution >= 4 is 11.7 Å². The molecule has 152 valence electrons. The predicted molar refractivity (Wildman–Crippen MR) is 105 cm³/mol. The zero-order chi connectivity index (χ0) is 21.1. The minimum Gasteiger partial charge on any atom is -0.474 e. The molecule has 2 amide bonds. The molecule has 1 N–H and O–H groups in total. The van der Waals surface area contributed by atoms with Crippen LogP contribution < -0.4 is 15.0 Å². The van der Waals surface area contributed by atoms with Crippen molar-refractivity contribution in [1.29, 1.82) is 0 Å². The third-order valence-electron chi connectivity index (χ3n) is 4.39. The fourth-order valence-electron chi connectivity index (χ4n) is 2.90. The van der Waals surface area contributed by atoms with Gasteiger partial charge in [-0.05, 0) is 31.0 Å². The Morgan fingerprint density at radius 1 is 1.27 bits per heavy atom. The molecule has 1 aliphatic rings. The van der Waals surface area contributed by atoms with Crippen molar-refractivity contribution in [2.75, 3.05) is 18.1 Å². The monoisotopic (exact) mass is 407 g/mol. The lowest BCUT2D eigenvalue weighted by molar-refractivity contribution is 0.235. The van der Waals surface area contributed by atoms with Crippen LogP contribution in [0.3, 0.4) is 0 Å². The Balaban J connectivity index is 1.54. The smallest absolute Gasteiger partial charge is 0.322 e. The van der Waals surface area contributed by atoms with Gasteiger partial charge in [-0.1, -0.05) is 5.92 Å². The van der Waals surface area contributed by atoms with E-state index in [2.05, 4.69) is 37.3 Å². The van der Waals surface area contributed by atoms with E-state index in [4.69, 9.17) is 4.74 Å². The number of amides is 2. The largest absolute Gasteiger partial charge is 0.474 e. The molecule has 30 heavy (non-hydrogen) atoms. The van der Waals surface area contributed by atoms with E-state index in [-0.39, 0.29) is 6.03 Å². The number of fused-ring (bicyclic) bond motifs is 1. The summed E-state index contributed by atoms with van der Waals surface area (Å²) in [6.45, 7) is 2.45. The number of nitrogens with one attached hydrogen (secondary N) is 1. The normalized spacial score (nSPS) is 13.5. The van der Waals surface area contributed by atoms with Gasteiger partial charge in [0.25, 0.3) is 0 Å². The van der Waals surface area contributed by atoms with Gasteiger partial charge in [-0.3, -0.25) is 9.88 Å². The van der Waals surface area contributed by atoms with Crippen LogP contribution >= 0.6 is 0 Å². The van der Waals surface area contributed by atoms with Crippen molar-refractivity contribution in [3.63, 3.8) is 0 Å². The Morgan fingerprint density at radius 3 is 2.87 bits per heavy atom. The topological polar surface area (TPSA) is 98.1 Å². The number of aryl methyl sites for hydroxylation is 1. The number of hydrogen-bond donors (Lipinski definition) is 1. The van der Waals surface area contributed by atoms with Gasteiger partial charge in [0.1, 0.15) is 18.1 Å². The zero-order valence-corrected chi connectivity index (χ0v) is 16.3. The lowest BCUT2D eigenvalue weighted by atomic mass is 10.2. The second-order valence-corrected chi connectivity index (χ2v) is 6.59. The van der Waals surface area contributed by atoms with Gasteiger partial charge in [0.05, 0.1) is 30.7 Å². The fraction of sp³-hybridized carbons (Fsp3) is 0.250. The van der Waals surface area contributed by atoms with E-state index in [0.29, 0.717) is 41.7 Å². The number of nitrogens with zero attached hydrogens (tertiary/aromatic N) is 6. The Kier molecular flexibility index (Phi) is 5.26. The first-order valence-corrected chi connectivity index (χ1v) is 9.20. The van der Waals surface area contributed by atoms with Crippen LogP contribution in [0.4, 0.5) is 14.9 Å². The lowest BCUT2D eigenvalue weighted by Gasteiger charge is -2.29. The summed E-state index contributed by atoms with van der Waals surface area (Å²) in [6, 6.07) is 3.85. The number of pyridine rings is 2. The molecule has 9 nitrogen and oxygen atoms in total. The highest BCUT2D eigenvalue weighted by molar-refractivity contribution is 5.94. The number of carbonyl (C=O) groups excluding carboxylic acids is 1. The van der Waals surface area contributed by atoms with E-state index < -0.39 is 11.9 Å². The molecule has 0 spiro atoms. The van der Waals surface area contributed by atoms with E-state index in [0.717, 1.165) is 6.20 Å². The molecule has 0 bridgehead atoms. The van der Waals surface area contributed by atoms with E-state index in [1.807, 2.05) is 0 Å². The number of urea groups is 1. The first kappa shape index (κ1) is 19.3. The predicted octanol–water partition coefficient (Wildman–Crippen LogP) is 1.81. The lowest BCUT2D eigenvalue weighted by Crippen LogP contribution is -2.45. The third-order valence-corrected chi connectivity index (χ3v) is 4.39. The van der Waals surface area contributed by atoms with Crippen molar-refractivity contribution in [1.82, 2.24) is 30.3 Å². The molecule has 0 aliphatic carbocycles. The van der Waals surface area contributed by atoms with Gasteiger partial charge >= 0.3 is 6.03 Å². The highest BCUT2D eigenvalue weighted by Crippen LogP contribution is 2.30. The Labute approximate surface area is 171 Å². The Bertz CT molecular complexity index is 1130. The van der Waals surface area contributed by atoms with Crippen molar-refractivity contribution in [2.45, 2.75) is 13.0 Å². The minimum absolute atomic E-state index is 0.321. The fourth-order valence-corrected chi connectivity index (χ4v) is 2.90. The summed E-state index contributed by atoms with van der Waals surface area (Å²) in [5.41, 5.74) is 2.21. The maximum absolute atomic E-state index is 13.1. The molecule has 0 saturated carbocycles. The number of hydrogen-bond acceptors (Lipinski definition) is 6. The number of rotatable bonds is 2. The van der Waals surface area contributed by atoms with Crippen LogP contribution in [0.1, 0.15) is 29.9 Å². The van der Waals surface area contributed by atoms with Gasteiger partial charge in [-0.25, -0.2) is 14.2 Å². The Hall–Kier alpha value is -4.00. The summed E-state index contributed by atoms with van der Waals surface area (Å²) in [6.07, 6.45) is 4.26. The summed E-state index contributed by atoms with van der Waals surface area (Å²) in [4.78, 5) is 24.1. The molecule has 1 atom stereocenters. The SMILES string of the molecule is C[C@H](NC(=O)N1CCOc2ncc(C#Cc3cnn(C)n3)cc21)c1ccc(F)cn1. The number of halogens is 1. The first-order valence-electron chi connectivity index (χ1n) is 9.20. The average Bonchev–Trinajstić information content (AvgIpc) is 3.17. The number of anilines is 1. The molecule has 0 saturated heterocycles. The molecule has 4 rings (SSSR count). The number of aromatic nitrogens is 5. The average molecular weight is 407 g/mol. The van der Waals surface area contributed by atoms with Crippen LogP contribution in [0.2, 0.25) is 0 Å². The van der Waals surface area contributed by atoms with E-state index in [9.17, 15) is 9.18 Å². The van der Waals surface area contributed by atoms with Crippen molar-refractivity contribution in [3.05, 3.63) is 59.6 Å². The Morgan fingerprint density at radius 2 is 2.13 bits per heavy atom. The van der Waals surface area contributed by atoms with Gasteiger partial charge in [0.2, 0.25) is 5.88 Å². The molecule has 0 radical (unpaired) electrons. The summed E-state index contributed by atoms with van der Waals surface area (Å²) in [5.74, 6) is 5.80. The van der Waals surface area contributed by atoms with Gasteiger partial charge in [0.15, 0.2) is 5.69 Å². The van der Waals surface area contributed by atoms with E-state index >= 15 is 0 Å².